The SMILES string of the molecule is Cc1cn(CCc2cnn(C)c2)c(NCC(C)C)n1. The standard InChI is InChI=1S/C14H23N5/c1-11(2)7-15-14-17-12(3)9-19(14)6-5-13-8-16-18(4)10-13/h8-11H,5-7H2,1-4H3,(H,15,17). The molecule has 0 atom stereocenters. The lowest BCUT2D eigenvalue weighted by molar-refractivity contribution is 0.660. The highest BCUT2D eigenvalue weighted by atomic mass is 15.2. The second kappa shape index (κ2) is 5.91. The van der Waals surface area contributed by atoms with Crippen LogP contribution in [0.25, 0.3) is 0 Å². The predicted molar refractivity (Wildman–Crippen MR) is 77.2 cm³/mol. The lowest BCUT2D eigenvalue weighted by Crippen LogP contribution is -2.13. The van der Waals surface area contributed by atoms with Crippen LogP contribution in [0.5, 0.6) is 0 Å². The van der Waals surface area contributed by atoms with Crippen molar-refractivity contribution in [1.29, 1.82) is 0 Å². The zero-order valence-corrected chi connectivity index (χ0v) is 12.2. The number of aryl methyl sites for hydroxylation is 4. The third-order valence-electron chi connectivity index (χ3n) is 2.97. The van der Waals surface area contributed by atoms with Crippen LogP contribution in [0.15, 0.2) is 18.6 Å². The Kier molecular flexibility index (Phi) is 4.24. The molecule has 5 heteroatoms. The highest BCUT2D eigenvalue weighted by Gasteiger charge is 2.06. The normalized spacial score (nSPS) is 11.2. The molecular formula is C14H23N5. The Hall–Kier alpha value is -1.78. The molecule has 2 heterocycles. The molecule has 0 aliphatic carbocycles. The highest BCUT2D eigenvalue weighted by molar-refractivity contribution is 5.29. The van der Waals surface area contributed by atoms with Gasteiger partial charge in [0.25, 0.3) is 0 Å². The molecule has 0 amide bonds. The molecule has 0 aliphatic rings. The average molecular weight is 261 g/mol. The van der Waals surface area contributed by atoms with Crippen LogP contribution in [0.3, 0.4) is 0 Å². The maximum absolute atomic E-state index is 4.53. The molecule has 19 heavy (non-hydrogen) atoms. The zero-order valence-electron chi connectivity index (χ0n) is 12.2. The maximum Gasteiger partial charge on any atom is 0.203 e. The molecule has 0 aliphatic heterocycles. The van der Waals surface area contributed by atoms with Gasteiger partial charge in [0.05, 0.1) is 11.9 Å². The highest BCUT2D eigenvalue weighted by Crippen LogP contribution is 2.11. The number of imidazole rings is 1. The monoisotopic (exact) mass is 261 g/mol. The summed E-state index contributed by atoms with van der Waals surface area (Å²) >= 11 is 0. The topological polar surface area (TPSA) is 47.7 Å². The Morgan fingerprint density at radius 1 is 1.32 bits per heavy atom. The third-order valence-corrected chi connectivity index (χ3v) is 2.97. The van der Waals surface area contributed by atoms with Crippen molar-refractivity contribution in [2.24, 2.45) is 13.0 Å². The summed E-state index contributed by atoms with van der Waals surface area (Å²) < 4.78 is 4.02. The molecule has 2 aromatic heterocycles. The molecule has 0 spiro atoms. The number of hydrogen-bond acceptors (Lipinski definition) is 3. The van der Waals surface area contributed by atoms with E-state index in [1.165, 1.54) is 5.56 Å². The van der Waals surface area contributed by atoms with Gasteiger partial charge in [-0.05, 0) is 24.8 Å². The summed E-state index contributed by atoms with van der Waals surface area (Å²) in [6, 6.07) is 0. The summed E-state index contributed by atoms with van der Waals surface area (Å²) in [5.74, 6) is 1.58. The van der Waals surface area contributed by atoms with Crippen molar-refractivity contribution in [2.45, 2.75) is 33.7 Å². The van der Waals surface area contributed by atoms with E-state index < -0.39 is 0 Å². The molecule has 0 aromatic carbocycles. The number of nitrogens with zero attached hydrogens (tertiary/aromatic N) is 4. The number of rotatable bonds is 6. The Morgan fingerprint density at radius 3 is 2.74 bits per heavy atom. The van der Waals surface area contributed by atoms with Gasteiger partial charge in [-0.3, -0.25) is 4.68 Å². The van der Waals surface area contributed by atoms with Gasteiger partial charge in [-0.2, -0.15) is 5.10 Å². The second-order valence-electron chi connectivity index (χ2n) is 5.45. The largest absolute Gasteiger partial charge is 0.355 e. The van der Waals surface area contributed by atoms with E-state index in [-0.39, 0.29) is 0 Å². The molecule has 0 saturated heterocycles. The minimum absolute atomic E-state index is 0.615. The van der Waals surface area contributed by atoms with Gasteiger partial charge < -0.3 is 9.88 Å². The van der Waals surface area contributed by atoms with Crippen LogP contribution in [-0.4, -0.2) is 25.9 Å². The first-order valence-corrected chi connectivity index (χ1v) is 6.79. The first-order chi connectivity index (χ1) is 9.04. The van der Waals surface area contributed by atoms with Crippen molar-refractivity contribution < 1.29 is 0 Å². The van der Waals surface area contributed by atoms with Crippen LogP contribution in [0, 0.1) is 12.8 Å². The molecule has 104 valence electrons. The van der Waals surface area contributed by atoms with Crippen LogP contribution in [0.2, 0.25) is 0 Å². The van der Waals surface area contributed by atoms with Crippen LogP contribution in [0.4, 0.5) is 5.95 Å². The summed E-state index contributed by atoms with van der Waals surface area (Å²) in [4.78, 5) is 4.53. The molecule has 0 bridgehead atoms. The number of anilines is 1. The first kappa shape index (κ1) is 13.6. The maximum atomic E-state index is 4.53. The van der Waals surface area contributed by atoms with Crippen molar-refractivity contribution in [1.82, 2.24) is 19.3 Å². The van der Waals surface area contributed by atoms with Crippen LogP contribution in [0.1, 0.15) is 25.1 Å². The van der Waals surface area contributed by atoms with E-state index >= 15 is 0 Å². The molecule has 5 nitrogen and oxygen atoms in total. The summed E-state index contributed by atoms with van der Waals surface area (Å²) in [6.45, 7) is 8.29. The summed E-state index contributed by atoms with van der Waals surface area (Å²) in [7, 11) is 1.94. The van der Waals surface area contributed by atoms with Gasteiger partial charge in [0.15, 0.2) is 0 Å². The molecular weight excluding hydrogens is 238 g/mol. The van der Waals surface area contributed by atoms with Crippen molar-refractivity contribution >= 4 is 5.95 Å². The van der Waals surface area contributed by atoms with Crippen molar-refractivity contribution in [3.63, 3.8) is 0 Å². The zero-order chi connectivity index (χ0) is 13.8. The summed E-state index contributed by atoms with van der Waals surface area (Å²) in [6.07, 6.45) is 7.05. The van der Waals surface area contributed by atoms with Crippen molar-refractivity contribution in [2.75, 3.05) is 11.9 Å². The Morgan fingerprint density at radius 2 is 2.11 bits per heavy atom. The quantitative estimate of drug-likeness (QED) is 0.867. The van der Waals surface area contributed by atoms with Crippen molar-refractivity contribution in [3.05, 3.63) is 29.8 Å². The molecule has 0 unspecified atom stereocenters. The fraction of sp³-hybridized carbons (Fsp3) is 0.571. The van der Waals surface area contributed by atoms with E-state index in [4.69, 9.17) is 0 Å². The summed E-state index contributed by atoms with van der Waals surface area (Å²) in [5.41, 5.74) is 2.31. The van der Waals surface area contributed by atoms with Gasteiger partial charge in [-0.15, -0.1) is 0 Å². The van der Waals surface area contributed by atoms with Gasteiger partial charge >= 0.3 is 0 Å². The molecule has 2 aromatic rings. The smallest absolute Gasteiger partial charge is 0.203 e. The fourth-order valence-electron chi connectivity index (χ4n) is 2.00. The average Bonchev–Trinajstić information content (AvgIpc) is 2.90. The van der Waals surface area contributed by atoms with Gasteiger partial charge in [0.2, 0.25) is 5.95 Å². The lowest BCUT2D eigenvalue weighted by Gasteiger charge is -2.10. The van der Waals surface area contributed by atoms with Crippen LogP contribution >= 0.6 is 0 Å². The second-order valence-corrected chi connectivity index (χ2v) is 5.45. The molecule has 0 radical (unpaired) electrons. The predicted octanol–water partition coefficient (Wildman–Crippen LogP) is 2.24. The van der Waals surface area contributed by atoms with E-state index in [9.17, 15) is 0 Å². The van der Waals surface area contributed by atoms with E-state index in [0.717, 1.165) is 31.2 Å². The number of hydrogen-bond donors (Lipinski definition) is 1. The third kappa shape index (κ3) is 3.84. The molecule has 2 rings (SSSR count). The van der Waals surface area contributed by atoms with Crippen LogP contribution in [-0.2, 0) is 20.0 Å². The molecule has 0 fully saturated rings. The van der Waals surface area contributed by atoms with Gasteiger partial charge in [-0.1, -0.05) is 13.8 Å². The van der Waals surface area contributed by atoms with E-state index in [2.05, 4.69) is 46.2 Å². The summed E-state index contributed by atoms with van der Waals surface area (Å²) in [5, 5.41) is 7.60. The van der Waals surface area contributed by atoms with Crippen LogP contribution < -0.4 is 5.32 Å². The number of aromatic nitrogens is 4. The number of nitrogens with one attached hydrogen (secondary N) is 1. The van der Waals surface area contributed by atoms with E-state index in [0.29, 0.717) is 5.92 Å². The van der Waals surface area contributed by atoms with E-state index in [1.807, 2.05) is 24.9 Å². The van der Waals surface area contributed by atoms with Gasteiger partial charge in [0, 0.05) is 32.5 Å². The lowest BCUT2D eigenvalue weighted by atomic mass is 10.2. The minimum atomic E-state index is 0.615. The van der Waals surface area contributed by atoms with Crippen molar-refractivity contribution in [3.8, 4) is 0 Å². The molecule has 1 N–H and O–H groups in total. The molecule has 0 saturated carbocycles. The first-order valence-electron chi connectivity index (χ1n) is 6.79. The van der Waals surface area contributed by atoms with Gasteiger partial charge in [-0.25, -0.2) is 4.98 Å². The Balaban J connectivity index is 1.98. The Bertz CT molecular complexity index is 524. The van der Waals surface area contributed by atoms with Gasteiger partial charge in [0.1, 0.15) is 0 Å². The van der Waals surface area contributed by atoms with E-state index in [1.54, 1.807) is 0 Å². The Labute approximate surface area is 114 Å². The fourth-order valence-corrected chi connectivity index (χ4v) is 2.00. The minimum Gasteiger partial charge on any atom is -0.355 e.